The van der Waals surface area contributed by atoms with Crippen molar-refractivity contribution in [1.29, 1.82) is 0 Å². The Bertz CT molecular complexity index is 229. The monoisotopic (exact) mass is 191 g/mol. The van der Waals surface area contributed by atoms with Gasteiger partial charge >= 0.3 is 0 Å². The maximum absolute atomic E-state index is 3.37. The number of hydrogen-bond acceptors (Lipinski definition) is 2. The fraction of sp³-hybridized carbons (Fsp3) is 0.500. The number of likely N-dealkylation sites (N-methyl/N-ethyl adjacent to an activating group) is 1. The van der Waals surface area contributed by atoms with Crippen molar-refractivity contribution in [2.24, 2.45) is 0 Å². The quantitative estimate of drug-likeness (QED) is 0.742. The van der Waals surface area contributed by atoms with Gasteiger partial charge in [0.25, 0.3) is 0 Å². The van der Waals surface area contributed by atoms with Crippen molar-refractivity contribution in [3.63, 3.8) is 0 Å². The van der Waals surface area contributed by atoms with Gasteiger partial charge in [0.05, 0.1) is 0 Å². The molecule has 1 radical (unpaired) electrons. The third-order valence-corrected chi connectivity index (χ3v) is 2.36. The van der Waals surface area contributed by atoms with E-state index >= 15 is 0 Å². The molecule has 0 heterocycles. The van der Waals surface area contributed by atoms with Crippen LogP contribution < -0.4 is 5.32 Å². The van der Waals surface area contributed by atoms with Crippen LogP contribution in [0.4, 0.5) is 5.69 Å². The maximum Gasteiger partial charge on any atom is 0.0346 e. The summed E-state index contributed by atoms with van der Waals surface area (Å²) in [5.41, 5.74) is 1.15. The molecule has 1 N–H and O–H groups in total. The molecule has 2 nitrogen and oxygen atoms in total. The number of anilines is 1. The molecule has 0 amide bonds. The van der Waals surface area contributed by atoms with Crippen molar-refractivity contribution in [1.82, 2.24) is 4.90 Å². The Kier molecular flexibility index (Phi) is 5.08. The Labute approximate surface area is 86.9 Å². The van der Waals surface area contributed by atoms with E-state index in [0.29, 0.717) is 0 Å². The smallest absolute Gasteiger partial charge is 0.0346 e. The van der Waals surface area contributed by atoms with Crippen molar-refractivity contribution in [3.05, 3.63) is 30.3 Å². The van der Waals surface area contributed by atoms with Crippen LogP contribution in [-0.2, 0) is 0 Å². The lowest BCUT2D eigenvalue weighted by Crippen LogP contribution is -2.28. The molecule has 0 atom stereocenters. The van der Waals surface area contributed by atoms with E-state index in [-0.39, 0.29) is 0 Å². The Balaban J connectivity index is 2.21. The molecular weight excluding hydrogens is 172 g/mol. The lowest BCUT2D eigenvalue weighted by atomic mass is 10.3. The van der Waals surface area contributed by atoms with Gasteiger partial charge in [0.2, 0.25) is 0 Å². The molecule has 77 valence electrons. The molecule has 0 spiro atoms. The first-order valence-electron chi connectivity index (χ1n) is 5.29. The van der Waals surface area contributed by atoms with Crippen LogP contribution in [0.5, 0.6) is 0 Å². The van der Waals surface area contributed by atoms with Crippen LogP contribution in [0.3, 0.4) is 0 Å². The number of benzene rings is 1. The van der Waals surface area contributed by atoms with Crippen LogP contribution in [0.15, 0.2) is 24.3 Å². The SMILES string of the molecule is CCN(CC)CCNc1c[c]ccc1. The van der Waals surface area contributed by atoms with Crippen LogP contribution in [0.25, 0.3) is 0 Å². The Morgan fingerprint density at radius 3 is 2.71 bits per heavy atom. The van der Waals surface area contributed by atoms with Gasteiger partial charge in [-0.05, 0) is 31.3 Å². The fourth-order valence-electron chi connectivity index (χ4n) is 1.40. The molecule has 0 aromatic heterocycles. The van der Waals surface area contributed by atoms with Crippen molar-refractivity contribution in [2.75, 3.05) is 31.5 Å². The zero-order chi connectivity index (χ0) is 10.2. The maximum atomic E-state index is 3.37. The summed E-state index contributed by atoms with van der Waals surface area (Å²) >= 11 is 0. The summed E-state index contributed by atoms with van der Waals surface area (Å²) in [5, 5.41) is 3.37. The molecule has 0 saturated heterocycles. The van der Waals surface area contributed by atoms with E-state index in [2.05, 4.69) is 36.2 Å². The molecule has 1 aromatic rings. The van der Waals surface area contributed by atoms with Gasteiger partial charge in [0, 0.05) is 18.8 Å². The van der Waals surface area contributed by atoms with Gasteiger partial charge in [0.15, 0.2) is 0 Å². The summed E-state index contributed by atoms with van der Waals surface area (Å²) in [5.74, 6) is 0. The molecule has 0 aliphatic rings. The van der Waals surface area contributed by atoms with Crippen molar-refractivity contribution >= 4 is 5.69 Å². The van der Waals surface area contributed by atoms with Crippen molar-refractivity contribution in [3.8, 4) is 0 Å². The highest BCUT2D eigenvalue weighted by molar-refractivity contribution is 5.41. The molecule has 2 heteroatoms. The minimum atomic E-state index is 1.000. The summed E-state index contributed by atoms with van der Waals surface area (Å²) < 4.78 is 0. The fourth-order valence-corrected chi connectivity index (χ4v) is 1.40. The average Bonchev–Trinajstić information content (AvgIpc) is 2.26. The minimum Gasteiger partial charge on any atom is -0.384 e. The minimum absolute atomic E-state index is 1.000. The van der Waals surface area contributed by atoms with Gasteiger partial charge < -0.3 is 10.2 Å². The van der Waals surface area contributed by atoms with Crippen LogP contribution in [0.2, 0.25) is 0 Å². The van der Waals surface area contributed by atoms with Gasteiger partial charge in [-0.3, -0.25) is 0 Å². The largest absolute Gasteiger partial charge is 0.384 e. The number of rotatable bonds is 6. The Morgan fingerprint density at radius 1 is 1.36 bits per heavy atom. The second-order valence-corrected chi connectivity index (χ2v) is 3.25. The summed E-state index contributed by atoms with van der Waals surface area (Å²) in [6, 6.07) is 11.0. The third kappa shape index (κ3) is 3.79. The van der Waals surface area contributed by atoms with Crippen molar-refractivity contribution < 1.29 is 0 Å². The normalized spacial score (nSPS) is 10.5. The lowest BCUT2D eigenvalue weighted by molar-refractivity contribution is 0.316. The molecule has 0 unspecified atom stereocenters. The zero-order valence-corrected chi connectivity index (χ0v) is 9.09. The van der Waals surface area contributed by atoms with Gasteiger partial charge in [-0.25, -0.2) is 0 Å². The van der Waals surface area contributed by atoms with Gasteiger partial charge in [-0.1, -0.05) is 26.0 Å². The molecule has 1 aromatic carbocycles. The third-order valence-electron chi connectivity index (χ3n) is 2.36. The van der Waals surface area contributed by atoms with Crippen LogP contribution in [-0.4, -0.2) is 31.1 Å². The average molecular weight is 191 g/mol. The number of nitrogens with one attached hydrogen (secondary N) is 1. The summed E-state index contributed by atoms with van der Waals surface area (Å²) in [4.78, 5) is 2.40. The van der Waals surface area contributed by atoms with Gasteiger partial charge in [-0.15, -0.1) is 0 Å². The first-order chi connectivity index (χ1) is 6.86. The van der Waals surface area contributed by atoms with Crippen molar-refractivity contribution in [2.45, 2.75) is 13.8 Å². The predicted molar refractivity (Wildman–Crippen MR) is 61.6 cm³/mol. The predicted octanol–water partition coefficient (Wildman–Crippen LogP) is 2.24. The molecule has 0 fully saturated rings. The number of nitrogens with zero attached hydrogens (tertiary/aromatic N) is 1. The second kappa shape index (κ2) is 6.44. The molecule has 14 heavy (non-hydrogen) atoms. The van der Waals surface area contributed by atoms with E-state index in [1.807, 2.05) is 18.2 Å². The van der Waals surface area contributed by atoms with Gasteiger partial charge in [0.1, 0.15) is 0 Å². The summed E-state index contributed by atoms with van der Waals surface area (Å²) in [6.45, 7) is 8.74. The van der Waals surface area contributed by atoms with Crippen LogP contribution in [0.1, 0.15) is 13.8 Å². The van der Waals surface area contributed by atoms with E-state index in [0.717, 1.165) is 31.9 Å². The van der Waals surface area contributed by atoms with E-state index in [4.69, 9.17) is 0 Å². The van der Waals surface area contributed by atoms with E-state index in [1.54, 1.807) is 0 Å². The Morgan fingerprint density at radius 2 is 2.14 bits per heavy atom. The standard InChI is InChI=1S/C12H19N2/c1-3-14(4-2)11-10-13-12-8-6-5-7-9-12/h5-6,8-9,13H,3-4,10-11H2,1-2H3. The lowest BCUT2D eigenvalue weighted by Gasteiger charge is -2.18. The summed E-state index contributed by atoms with van der Waals surface area (Å²) in [7, 11) is 0. The second-order valence-electron chi connectivity index (χ2n) is 3.25. The summed E-state index contributed by atoms with van der Waals surface area (Å²) in [6.07, 6.45) is 0. The zero-order valence-electron chi connectivity index (χ0n) is 9.09. The van der Waals surface area contributed by atoms with Gasteiger partial charge in [-0.2, -0.15) is 0 Å². The molecule has 0 aliphatic carbocycles. The van der Waals surface area contributed by atoms with Crippen LogP contribution >= 0.6 is 0 Å². The van der Waals surface area contributed by atoms with Crippen LogP contribution in [0, 0.1) is 6.07 Å². The van der Waals surface area contributed by atoms with E-state index in [9.17, 15) is 0 Å². The van der Waals surface area contributed by atoms with E-state index in [1.165, 1.54) is 0 Å². The molecular formula is C12H19N2. The topological polar surface area (TPSA) is 15.3 Å². The first-order valence-corrected chi connectivity index (χ1v) is 5.29. The highest BCUT2D eigenvalue weighted by atomic mass is 15.1. The highest BCUT2D eigenvalue weighted by Gasteiger charge is 1.97. The molecule has 0 bridgehead atoms. The Hall–Kier alpha value is -1.02. The molecule has 1 rings (SSSR count). The van der Waals surface area contributed by atoms with E-state index < -0.39 is 0 Å². The number of hydrogen-bond donors (Lipinski definition) is 1. The highest BCUT2D eigenvalue weighted by Crippen LogP contribution is 2.03. The first kappa shape index (κ1) is 11.1. The molecule has 0 aliphatic heterocycles. The molecule has 0 saturated carbocycles.